The first kappa shape index (κ1) is 20.1. The molecule has 0 bridgehead atoms. The molecular formula is C15H16BrClNO3Y-. The Morgan fingerprint density at radius 2 is 2.18 bits per heavy atom. The van der Waals surface area contributed by atoms with E-state index in [2.05, 4.69) is 22.0 Å². The third kappa shape index (κ3) is 4.78. The van der Waals surface area contributed by atoms with Gasteiger partial charge >= 0.3 is 0 Å². The smallest absolute Gasteiger partial charge is 0.236 e. The second-order valence-corrected chi connectivity index (χ2v) is 6.09. The summed E-state index contributed by atoms with van der Waals surface area (Å²) in [5.41, 5.74) is 1.47. The van der Waals surface area contributed by atoms with E-state index in [1.54, 1.807) is 25.1 Å². The number of carbonyl (C=O) groups excluding carboxylic acids is 1. The van der Waals surface area contributed by atoms with E-state index >= 15 is 0 Å². The number of hydrogen-bond acceptors (Lipinski definition) is 3. The molecule has 1 aromatic rings. The minimum atomic E-state index is -0.221. The van der Waals surface area contributed by atoms with Gasteiger partial charge in [0, 0.05) is 46.9 Å². The molecule has 0 saturated carbocycles. The summed E-state index contributed by atoms with van der Waals surface area (Å²) in [7, 11) is 3.34. The SMILES string of the molecule is COCCOc1ccc(C2=[C-]CC(Br)C(=O)N2C)c(Cl)c1.[Y]. The molecule has 1 unspecified atom stereocenters. The fraction of sp³-hybridized carbons (Fsp3) is 0.400. The van der Waals surface area contributed by atoms with E-state index in [-0.39, 0.29) is 43.4 Å². The van der Waals surface area contributed by atoms with E-state index in [0.717, 1.165) is 5.56 Å². The molecule has 22 heavy (non-hydrogen) atoms. The zero-order valence-electron chi connectivity index (χ0n) is 12.4. The Labute approximate surface area is 169 Å². The first-order chi connectivity index (χ1) is 10.0. The first-order valence-electron chi connectivity index (χ1n) is 6.48. The minimum Gasteiger partial charge on any atom is -0.491 e. The number of allylic oxidation sites excluding steroid dienone is 1. The number of rotatable bonds is 5. The van der Waals surface area contributed by atoms with Crippen LogP contribution in [0.1, 0.15) is 12.0 Å². The minimum absolute atomic E-state index is 0. The molecule has 1 heterocycles. The van der Waals surface area contributed by atoms with Crippen LogP contribution in [0.25, 0.3) is 5.70 Å². The van der Waals surface area contributed by atoms with Gasteiger partial charge in [0.15, 0.2) is 0 Å². The van der Waals surface area contributed by atoms with Gasteiger partial charge in [-0.3, -0.25) is 4.79 Å². The van der Waals surface area contributed by atoms with Gasteiger partial charge in [-0.15, -0.1) is 28.9 Å². The van der Waals surface area contributed by atoms with Gasteiger partial charge in [0.1, 0.15) is 12.4 Å². The average molecular weight is 463 g/mol. The van der Waals surface area contributed by atoms with Crippen LogP contribution in [-0.4, -0.2) is 43.0 Å². The van der Waals surface area contributed by atoms with Crippen LogP contribution < -0.4 is 4.74 Å². The molecule has 4 nitrogen and oxygen atoms in total. The van der Waals surface area contributed by atoms with Crippen molar-refractivity contribution in [2.45, 2.75) is 11.2 Å². The van der Waals surface area contributed by atoms with Crippen LogP contribution in [0.5, 0.6) is 5.75 Å². The van der Waals surface area contributed by atoms with Crippen molar-refractivity contribution in [3.63, 3.8) is 0 Å². The zero-order valence-corrected chi connectivity index (χ0v) is 17.6. The standard InChI is InChI=1S/C15H16BrClNO3.Y/c1-18-14(6-5-12(16)15(18)19)11-4-3-10(9-13(11)17)21-8-7-20-2;/h3-4,9,12H,5,7-8H2,1-2H3;/q-1;. The van der Waals surface area contributed by atoms with Crippen molar-refractivity contribution in [2.24, 2.45) is 0 Å². The molecular weight excluding hydrogens is 446 g/mol. The predicted octanol–water partition coefficient (Wildman–Crippen LogP) is 3.13. The summed E-state index contributed by atoms with van der Waals surface area (Å²) in [6.45, 7) is 0.979. The first-order valence-corrected chi connectivity index (χ1v) is 7.78. The molecule has 1 aliphatic heterocycles. The number of carbonyl (C=O) groups is 1. The van der Waals surface area contributed by atoms with Gasteiger partial charge in [0.05, 0.1) is 11.4 Å². The number of benzene rings is 1. The van der Waals surface area contributed by atoms with Gasteiger partial charge in [-0.05, 0) is 17.2 Å². The van der Waals surface area contributed by atoms with Crippen molar-refractivity contribution in [3.8, 4) is 5.75 Å². The summed E-state index contributed by atoms with van der Waals surface area (Å²) in [5.74, 6) is 0.671. The van der Waals surface area contributed by atoms with Crippen molar-refractivity contribution in [3.05, 3.63) is 34.9 Å². The Morgan fingerprint density at radius 3 is 2.82 bits per heavy atom. The van der Waals surface area contributed by atoms with E-state index in [4.69, 9.17) is 21.1 Å². The number of methoxy groups -OCH3 is 1. The molecule has 0 saturated heterocycles. The summed E-state index contributed by atoms with van der Waals surface area (Å²) in [4.78, 5) is 13.3. The van der Waals surface area contributed by atoms with E-state index in [1.807, 2.05) is 12.1 Å². The molecule has 1 aliphatic rings. The molecule has 1 aromatic carbocycles. The summed E-state index contributed by atoms with van der Waals surface area (Å²) in [6, 6.07) is 5.40. The number of nitrogens with zero attached hydrogens (tertiary/aromatic N) is 1. The van der Waals surface area contributed by atoms with Crippen molar-refractivity contribution in [1.29, 1.82) is 0 Å². The maximum absolute atomic E-state index is 12.0. The largest absolute Gasteiger partial charge is 0.491 e. The van der Waals surface area contributed by atoms with Gasteiger partial charge in [-0.2, -0.15) is 0 Å². The van der Waals surface area contributed by atoms with Crippen LogP contribution in [0, 0.1) is 6.08 Å². The Hall–Kier alpha value is 0.0639. The van der Waals surface area contributed by atoms with E-state index in [0.29, 0.717) is 36.1 Å². The monoisotopic (exact) mass is 461 g/mol. The normalized spacial score (nSPS) is 17.8. The van der Waals surface area contributed by atoms with Crippen molar-refractivity contribution >= 4 is 39.1 Å². The average Bonchev–Trinajstić information content (AvgIpc) is 2.46. The van der Waals surface area contributed by atoms with Crippen LogP contribution in [0.3, 0.4) is 0 Å². The third-order valence-corrected chi connectivity index (χ3v) is 4.16. The van der Waals surface area contributed by atoms with Crippen LogP contribution in [0.2, 0.25) is 5.02 Å². The van der Waals surface area contributed by atoms with Gasteiger partial charge < -0.3 is 14.4 Å². The Bertz CT molecular complexity index is 568. The van der Waals surface area contributed by atoms with Gasteiger partial charge in [-0.1, -0.05) is 22.4 Å². The van der Waals surface area contributed by atoms with Gasteiger partial charge in [0.2, 0.25) is 5.91 Å². The fourth-order valence-electron chi connectivity index (χ4n) is 2.01. The topological polar surface area (TPSA) is 38.8 Å². The van der Waals surface area contributed by atoms with Crippen LogP contribution in [-0.2, 0) is 42.2 Å². The van der Waals surface area contributed by atoms with Crippen LogP contribution in [0.15, 0.2) is 18.2 Å². The number of halogens is 2. The molecule has 0 N–H and O–H groups in total. The second-order valence-electron chi connectivity index (χ2n) is 4.58. The van der Waals surface area contributed by atoms with Gasteiger partial charge in [-0.25, -0.2) is 6.08 Å². The number of hydrogen-bond donors (Lipinski definition) is 0. The maximum Gasteiger partial charge on any atom is 0.236 e. The molecule has 0 aliphatic carbocycles. The van der Waals surface area contributed by atoms with Crippen LogP contribution in [0.4, 0.5) is 0 Å². The van der Waals surface area contributed by atoms with E-state index < -0.39 is 0 Å². The fourth-order valence-corrected chi connectivity index (χ4v) is 2.74. The molecule has 1 amide bonds. The number of amides is 1. The molecule has 2 rings (SSSR count). The van der Waals surface area contributed by atoms with E-state index in [1.165, 1.54) is 0 Å². The van der Waals surface area contributed by atoms with Gasteiger partial charge in [0.25, 0.3) is 0 Å². The summed E-state index contributed by atoms with van der Waals surface area (Å²) in [6.07, 6.45) is 3.74. The Kier molecular flexibility index (Phi) is 8.58. The number of alkyl halides is 1. The Balaban J connectivity index is 0.00000242. The summed E-state index contributed by atoms with van der Waals surface area (Å²) in [5, 5.41) is 0.528. The summed E-state index contributed by atoms with van der Waals surface area (Å²) < 4.78 is 10.4. The Morgan fingerprint density at radius 1 is 1.45 bits per heavy atom. The molecule has 1 radical (unpaired) electrons. The van der Waals surface area contributed by atoms with Crippen molar-refractivity contribution < 1.29 is 47.0 Å². The molecule has 0 fully saturated rings. The van der Waals surface area contributed by atoms with E-state index in [9.17, 15) is 4.79 Å². The predicted molar refractivity (Wildman–Crippen MR) is 85.6 cm³/mol. The van der Waals surface area contributed by atoms with Crippen molar-refractivity contribution in [2.75, 3.05) is 27.4 Å². The van der Waals surface area contributed by atoms with Crippen molar-refractivity contribution in [1.82, 2.24) is 4.90 Å². The molecule has 0 aromatic heterocycles. The number of ether oxygens (including phenoxy) is 2. The summed E-state index contributed by atoms with van der Waals surface area (Å²) >= 11 is 9.63. The quantitative estimate of drug-likeness (QED) is 0.384. The maximum atomic E-state index is 12.0. The molecule has 117 valence electrons. The zero-order chi connectivity index (χ0) is 15.4. The van der Waals surface area contributed by atoms with Crippen LogP contribution >= 0.6 is 27.5 Å². The molecule has 1 atom stereocenters. The molecule has 7 heteroatoms. The third-order valence-electron chi connectivity index (χ3n) is 3.13. The second kappa shape index (κ2) is 9.38. The molecule has 0 spiro atoms.